The highest BCUT2D eigenvalue weighted by Gasteiger charge is 2.19. The normalized spacial score (nSPS) is 11.4. The number of aryl methyl sites for hydroxylation is 2. The zero-order valence-electron chi connectivity index (χ0n) is 24.8. The van der Waals surface area contributed by atoms with Gasteiger partial charge in [-0.3, -0.25) is 9.97 Å². The van der Waals surface area contributed by atoms with Gasteiger partial charge in [0.15, 0.2) is 0 Å². The van der Waals surface area contributed by atoms with Crippen LogP contribution in [0.1, 0.15) is 11.3 Å². The van der Waals surface area contributed by atoms with E-state index in [0.717, 1.165) is 5.69 Å². The van der Waals surface area contributed by atoms with Gasteiger partial charge in [-0.15, -0.1) is 0 Å². The van der Waals surface area contributed by atoms with Crippen molar-refractivity contribution in [3.8, 4) is 44.5 Å². The largest absolute Gasteiger partial charge is 0.264 e. The van der Waals surface area contributed by atoms with Gasteiger partial charge in [-0.1, -0.05) is 109 Å². The number of rotatable bonds is 4. The molecule has 2 nitrogen and oxygen atoms in total. The summed E-state index contributed by atoms with van der Waals surface area (Å²) in [6, 6.07) is 46.5. The maximum atomic E-state index is 4.37. The Bertz CT molecular complexity index is 2290. The summed E-state index contributed by atoms with van der Waals surface area (Å²) in [5, 5.41) is 7.53. The van der Waals surface area contributed by atoms with Gasteiger partial charge in [-0.2, -0.15) is 0 Å². The summed E-state index contributed by atoms with van der Waals surface area (Å²) in [6.07, 6.45) is 5.71. The summed E-state index contributed by atoms with van der Waals surface area (Å²) in [7, 11) is 0. The molecule has 208 valence electrons. The van der Waals surface area contributed by atoms with E-state index in [0.29, 0.717) is 0 Å². The van der Waals surface area contributed by atoms with Gasteiger partial charge in [0.2, 0.25) is 0 Å². The van der Waals surface area contributed by atoms with Crippen molar-refractivity contribution in [2.24, 2.45) is 0 Å². The molecule has 2 heterocycles. The maximum Gasteiger partial charge on any atom is 0.0378 e. The van der Waals surface area contributed by atoms with E-state index in [9.17, 15) is 0 Å². The van der Waals surface area contributed by atoms with Gasteiger partial charge >= 0.3 is 0 Å². The fourth-order valence-corrected chi connectivity index (χ4v) is 6.81. The molecule has 0 aliphatic rings. The Balaban J connectivity index is 1.39. The number of nitrogens with zero attached hydrogens (tertiary/aromatic N) is 2. The summed E-state index contributed by atoms with van der Waals surface area (Å²) in [5.41, 5.74) is 12.0. The van der Waals surface area contributed by atoms with Crippen molar-refractivity contribution in [3.05, 3.63) is 157 Å². The van der Waals surface area contributed by atoms with E-state index in [1.54, 1.807) is 0 Å². The first-order chi connectivity index (χ1) is 21.7. The van der Waals surface area contributed by atoms with Gasteiger partial charge < -0.3 is 0 Å². The van der Waals surface area contributed by atoms with Crippen LogP contribution in [0, 0.1) is 13.8 Å². The number of pyridine rings is 2. The van der Waals surface area contributed by atoms with Crippen LogP contribution < -0.4 is 0 Å². The van der Waals surface area contributed by atoms with E-state index >= 15 is 0 Å². The van der Waals surface area contributed by atoms with Crippen molar-refractivity contribution in [2.75, 3.05) is 0 Å². The Morgan fingerprint density at radius 3 is 1.57 bits per heavy atom. The number of hydrogen-bond donors (Lipinski definition) is 0. The van der Waals surface area contributed by atoms with E-state index in [-0.39, 0.29) is 0 Å². The Kier molecular flexibility index (Phi) is 6.27. The lowest BCUT2D eigenvalue weighted by molar-refractivity contribution is 1.20. The lowest BCUT2D eigenvalue weighted by Crippen LogP contribution is -1.93. The van der Waals surface area contributed by atoms with Crippen LogP contribution in [-0.2, 0) is 0 Å². The summed E-state index contributed by atoms with van der Waals surface area (Å²) >= 11 is 0. The molecule has 0 N–H and O–H groups in total. The fraction of sp³-hybridized carbons (Fsp3) is 0.0476. The monoisotopic (exact) mass is 562 g/mol. The maximum absolute atomic E-state index is 4.37. The molecule has 0 amide bonds. The minimum absolute atomic E-state index is 1.02. The topological polar surface area (TPSA) is 25.8 Å². The number of aromatic nitrogens is 2. The van der Waals surface area contributed by atoms with Crippen LogP contribution in [0.25, 0.3) is 76.8 Å². The molecule has 2 heteroatoms. The molecule has 6 aromatic carbocycles. The molecule has 8 rings (SSSR count). The quantitative estimate of drug-likeness (QED) is 0.199. The summed E-state index contributed by atoms with van der Waals surface area (Å²) in [4.78, 5) is 8.71. The summed E-state index contributed by atoms with van der Waals surface area (Å²) in [5.74, 6) is 0. The number of fused-ring (bicyclic) bond motifs is 3. The minimum Gasteiger partial charge on any atom is -0.264 e. The SMILES string of the molecule is Cc1cc(-c2ccc(-c3c4ccccc4c(-c4ccc(-c5ccncc5C)c5ccccc45)c4ccccc34)cc2)ccn1. The van der Waals surface area contributed by atoms with Crippen molar-refractivity contribution in [1.82, 2.24) is 9.97 Å². The van der Waals surface area contributed by atoms with Crippen LogP contribution in [0.15, 0.2) is 146 Å². The van der Waals surface area contributed by atoms with Crippen LogP contribution in [-0.4, -0.2) is 9.97 Å². The fourth-order valence-electron chi connectivity index (χ4n) is 6.81. The first-order valence-corrected chi connectivity index (χ1v) is 15.1. The zero-order valence-corrected chi connectivity index (χ0v) is 24.8. The highest BCUT2D eigenvalue weighted by atomic mass is 14.6. The van der Waals surface area contributed by atoms with Crippen LogP contribution in [0.2, 0.25) is 0 Å². The second-order valence-corrected chi connectivity index (χ2v) is 11.5. The van der Waals surface area contributed by atoms with Crippen molar-refractivity contribution < 1.29 is 0 Å². The van der Waals surface area contributed by atoms with Crippen LogP contribution in [0.5, 0.6) is 0 Å². The first-order valence-electron chi connectivity index (χ1n) is 15.1. The van der Waals surface area contributed by atoms with Crippen molar-refractivity contribution >= 4 is 32.3 Å². The molecule has 0 spiro atoms. The minimum atomic E-state index is 1.02. The van der Waals surface area contributed by atoms with E-state index in [1.165, 1.54) is 82.4 Å². The van der Waals surface area contributed by atoms with Gasteiger partial charge in [0.05, 0.1) is 0 Å². The van der Waals surface area contributed by atoms with Gasteiger partial charge in [0, 0.05) is 24.3 Å². The highest BCUT2D eigenvalue weighted by Crippen LogP contribution is 2.46. The van der Waals surface area contributed by atoms with E-state index in [4.69, 9.17) is 0 Å². The Morgan fingerprint density at radius 1 is 0.409 bits per heavy atom. The van der Waals surface area contributed by atoms with Crippen molar-refractivity contribution in [2.45, 2.75) is 13.8 Å². The molecule has 0 aliphatic carbocycles. The average molecular weight is 563 g/mol. The molecule has 0 atom stereocenters. The third kappa shape index (κ3) is 4.27. The van der Waals surface area contributed by atoms with E-state index in [2.05, 4.69) is 144 Å². The lowest BCUT2D eigenvalue weighted by atomic mass is 9.83. The molecule has 8 aromatic rings. The van der Waals surface area contributed by atoms with Gasteiger partial charge in [0.25, 0.3) is 0 Å². The Hall–Kier alpha value is -5.60. The van der Waals surface area contributed by atoms with Crippen LogP contribution in [0.3, 0.4) is 0 Å². The zero-order chi connectivity index (χ0) is 29.6. The summed E-state index contributed by atoms with van der Waals surface area (Å²) in [6.45, 7) is 4.17. The lowest BCUT2D eigenvalue weighted by Gasteiger charge is -2.20. The molecule has 0 radical (unpaired) electrons. The molecular formula is C42H30N2. The number of benzene rings is 6. The van der Waals surface area contributed by atoms with Crippen molar-refractivity contribution in [1.29, 1.82) is 0 Å². The molecule has 2 aromatic heterocycles. The highest BCUT2D eigenvalue weighted by molar-refractivity contribution is 6.24. The third-order valence-corrected chi connectivity index (χ3v) is 8.84. The van der Waals surface area contributed by atoms with Gasteiger partial charge in [0.1, 0.15) is 0 Å². The molecule has 0 bridgehead atoms. The molecule has 44 heavy (non-hydrogen) atoms. The second kappa shape index (κ2) is 10.6. The third-order valence-electron chi connectivity index (χ3n) is 8.84. The summed E-state index contributed by atoms with van der Waals surface area (Å²) < 4.78 is 0. The van der Waals surface area contributed by atoms with Crippen molar-refractivity contribution in [3.63, 3.8) is 0 Å². The molecule has 0 aliphatic heterocycles. The van der Waals surface area contributed by atoms with E-state index < -0.39 is 0 Å². The molecule has 0 saturated carbocycles. The first kappa shape index (κ1) is 26.1. The number of hydrogen-bond acceptors (Lipinski definition) is 2. The predicted octanol–water partition coefficient (Wildman–Crippen LogP) is 11.2. The molecule has 0 fully saturated rings. The Labute approximate surface area is 257 Å². The molecular weight excluding hydrogens is 532 g/mol. The molecule has 0 unspecified atom stereocenters. The van der Waals surface area contributed by atoms with Gasteiger partial charge in [-0.05, 0) is 114 Å². The predicted molar refractivity (Wildman–Crippen MR) is 186 cm³/mol. The smallest absolute Gasteiger partial charge is 0.0378 e. The Morgan fingerprint density at radius 2 is 0.955 bits per heavy atom. The van der Waals surface area contributed by atoms with E-state index in [1.807, 2.05) is 25.5 Å². The van der Waals surface area contributed by atoms with Crippen LogP contribution in [0.4, 0.5) is 0 Å². The standard InChI is InChI=1S/C42H30N2/c1-27-26-43-23-22-32(27)35-19-20-40(34-10-4-3-9-33(34)35)42-38-13-7-5-11-36(38)41(37-12-6-8-14-39(37)42)30-17-15-29(16-18-30)31-21-24-44-28(2)25-31/h3-26H,1-2H3. The second-order valence-electron chi connectivity index (χ2n) is 11.5. The van der Waals surface area contributed by atoms with Gasteiger partial charge in [-0.25, -0.2) is 0 Å². The van der Waals surface area contributed by atoms with Crippen LogP contribution >= 0.6 is 0 Å². The molecule has 0 saturated heterocycles. The average Bonchev–Trinajstić information content (AvgIpc) is 3.07.